The number of H-pyrrole nitrogens is 1. The Morgan fingerprint density at radius 3 is 2.62 bits per heavy atom. The van der Waals surface area contributed by atoms with Gasteiger partial charge in [-0.05, 0) is 19.1 Å². The summed E-state index contributed by atoms with van der Waals surface area (Å²) in [6.45, 7) is 2.72. The van der Waals surface area contributed by atoms with Crippen LogP contribution >= 0.6 is 0 Å². The molecule has 1 aliphatic rings. The lowest BCUT2D eigenvalue weighted by Gasteiger charge is -2.25. The largest absolute Gasteiger partial charge is 0.460 e. The van der Waals surface area contributed by atoms with Crippen LogP contribution in [0, 0.1) is 0 Å². The maximum Gasteiger partial charge on any atom is 0.374 e. The first-order valence-corrected chi connectivity index (χ1v) is 11.5. The van der Waals surface area contributed by atoms with Gasteiger partial charge in [0.25, 0.3) is 0 Å². The summed E-state index contributed by atoms with van der Waals surface area (Å²) in [5, 5.41) is 0.616. The topological polar surface area (TPSA) is 128 Å². The van der Waals surface area contributed by atoms with Crippen LogP contribution in [0.15, 0.2) is 45.8 Å². The monoisotopic (exact) mass is 462 g/mol. The molecule has 1 fully saturated rings. The highest BCUT2D eigenvalue weighted by Gasteiger charge is 2.28. The van der Waals surface area contributed by atoms with Gasteiger partial charge in [0, 0.05) is 24.7 Å². The molecule has 10 nitrogen and oxygen atoms in total. The number of nitrogens with one attached hydrogen (secondary N) is 1. The lowest BCUT2D eigenvalue weighted by molar-refractivity contribution is 0.0431. The normalized spacial score (nSPS) is 15.0. The summed E-state index contributed by atoms with van der Waals surface area (Å²) < 4.78 is 47.9. The summed E-state index contributed by atoms with van der Waals surface area (Å²) in [6, 6.07) is 8.19. The Balaban J connectivity index is 1.52. The molecule has 0 radical (unpaired) electrons. The number of nitrogens with zero attached hydrogens (tertiary/aromatic N) is 1. The molecule has 170 valence electrons. The van der Waals surface area contributed by atoms with E-state index in [1.165, 1.54) is 16.6 Å². The van der Waals surface area contributed by atoms with Crippen LogP contribution in [-0.4, -0.2) is 62.6 Å². The molecule has 0 amide bonds. The number of aromatic amines is 1. The number of aromatic nitrogens is 1. The van der Waals surface area contributed by atoms with Crippen LogP contribution < -0.4 is 0 Å². The van der Waals surface area contributed by atoms with Crippen LogP contribution in [0.5, 0.6) is 0 Å². The second kappa shape index (κ2) is 9.15. The predicted octanol–water partition coefficient (Wildman–Crippen LogP) is 2.32. The molecule has 4 rings (SSSR count). The molecular weight excluding hydrogens is 440 g/mol. The van der Waals surface area contributed by atoms with Gasteiger partial charge >= 0.3 is 11.9 Å². The summed E-state index contributed by atoms with van der Waals surface area (Å²) in [7, 11) is -3.75. The maximum absolute atomic E-state index is 12.7. The van der Waals surface area contributed by atoms with Gasteiger partial charge in [-0.1, -0.05) is 18.2 Å². The predicted molar refractivity (Wildman–Crippen MR) is 112 cm³/mol. The molecule has 11 heteroatoms. The molecule has 1 aliphatic heterocycles. The number of carbonyl (C=O) groups excluding carboxylic acids is 2. The van der Waals surface area contributed by atoms with Crippen molar-refractivity contribution in [1.82, 2.24) is 9.29 Å². The molecule has 0 aliphatic carbocycles. The molecule has 32 heavy (non-hydrogen) atoms. The van der Waals surface area contributed by atoms with E-state index in [1.54, 1.807) is 31.2 Å². The van der Waals surface area contributed by atoms with Crippen LogP contribution in [0.25, 0.3) is 11.0 Å². The molecule has 0 bridgehead atoms. The molecule has 0 spiro atoms. The molecule has 0 saturated carbocycles. The number of carbonyl (C=O) groups is 2. The number of para-hydroxylation sites is 1. The van der Waals surface area contributed by atoms with Crippen molar-refractivity contribution in [3.05, 3.63) is 53.5 Å². The fourth-order valence-electron chi connectivity index (χ4n) is 3.40. The van der Waals surface area contributed by atoms with E-state index in [-0.39, 0.29) is 42.7 Å². The van der Waals surface area contributed by atoms with Crippen LogP contribution in [0.3, 0.4) is 0 Å². The second-order valence-electron chi connectivity index (χ2n) is 6.97. The highest BCUT2D eigenvalue weighted by Crippen LogP contribution is 2.28. The Labute approximate surface area is 184 Å². The minimum absolute atomic E-state index is 0.0256. The van der Waals surface area contributed by atoms with Crippen LogP contribution in [0.1, 0.15) is 33.5 Å². The lowest BCUT2D eigenvalue weighted by Crippen LogP contribution is -2.40. The van der Waals surface area contributed by atoms with Crippen molar-refractivity contribution in [2.75, 3.05) is 32.9 Å². The van der Waals surface area contributed by atoms with E-state index in [2.05, 4.69) is 4.98 Å². The Bertz CT molecular complexity index is 1240. The third kappa shape index (κ3) is 4.27. The fourth-order valence-corrected chi connectivity index (χ4v) is 4.80. The molecule has 1 saturated heterocycles. The van der Waals surface area contributed by atoms with E-state index in [4.69, 9.17) is 18.6 Å². The van der Waals surface area contributed by atoms with Crippen molar-refractivity contribution < 1.29 is 36.6 Å². The van der Waals surface area contributed by atoms with Crippen LogP contribution in [-0.2, 0) is 30.8 Å². The standard InChI is InChI=1S/C21H22N2O8S/c1-2-29-21(25)19-16(15-5-3-4-6-18(15)31-19)13-30-20(24)17-11-14(12-22-17)32(26,27)23-7-9-28-10-8-23/h3-6,11-12,22H,2,7-10,13H2,1H3. The quantitative estimate of drug-likeness (QED) is 0.530. The van der Waals surface area contributed by atoms with E-state index in [9.17, 15) is 18.0 Å². The number of rotatable bonds is 7. The molecule has 0 unspecified atom stereocenters. The average molecular weight is 462 g/mol. The van der Waals surface area contributed by atoms with Crippen LogP contribution in [0.2, 0.25) is 0 Å². The zero-order valence-corrected chi connectivity index (χ0v) is 18.1. The van der Waals surface area contributed by atoms with Crippen molar-refractivity contribution in [2.24, 2.45) is 0 Å². The average Bonchev–Trinajstić information content (AvgIpc) is 3.44. The van der Waals surface area contributed by atoms with Crippen LogP contribution in [0.4, 0.5) is 0 Å². The first-order chi connectivity index (χ1) is 15.4. The molecule has 0 atom stereocenters. The van der Waals surface area contributed by atoms with Gasteiger partial charge in [0.1, 0.15) is 22.8 Å². The summed E-state index contributed by atoms with van der Waals surface area (Å²) in [5.41, 5.74) is 0.808. The van der Waals surface area contributed by atoms with Gasteiger partial charge in [-0.3, -0.25) is 0 Å². The number of hydrogen-bond donors (Lipinski definition) is 1. The third-order valence-electron chi connectivity index (χ3n) is 4.99. The Hall–Kier alpha value is -3.15. The van der Waals surface area contributed by atoms with Gasteiger partial charge < -0.3 is 23.6 Å². The SMILES string of the molecule is CCOC(=O)c1oc2ccccc2c1COC(=O)c1cc(S(=O)(=O)N2CCOCC2)c[nH]1. The van der Waals surface area contributed by atoms with E-state index in [1.807, 2.05) is 0 Å². The number of sulfonamides is 1. The highest BCUT2D eigenvalue weighted by molar-refractivity contribution is 7.89. The molecule has 3 heterocycles. The van der Waals surface area contributed by atoms with E-state index in [0.29, 0.717) is 29.7 Å². The summed E-state index contributed by atoms with van der Waals surface area (Å²) in [6.07, 6.45) is 1.25. The molecular formula is C21H22N2O8S. The smallest absolute Gasteiger partial charge is 0.374 e. The van der Waals surface area contributed by atoms with Gasteiger partial charge in [-0.2, -0.15) is 4.31 Å². The summed E-state index contributed by atoms with van der Waals surface area (Å²) >= 11 is 0. The highest BCUT2D eigenvalue weighted by atomic mass is 32.2. The van der Waals surface area contributed by atoms with Gasteiger partial charge in [0.2, 0.25) is 15.8 Å². The minimum Gasteiger partial charge on any atom is -0.460 e. The number of esters is 2. The van der Waals surface area contributed by atoms with Crippen molar-refractivity contribution >= 4 is 32.9 Å². The van der Waals surface area contributed by atoms with Crippen molar-refractivity contribution in [1.29, 1.82) is 0 Å². The van der Waals surface area contributed by atoms with Gasteiger partial charge in [0.15, 0.2) is 0 Å². The zero-order valence-electron chi connectivity index (χ0n) is 17.3. The number of morpholine rings is 1. The fraction of sp³-hybridized carbons (Fsp3) is 0.333. The first kappa shape index (κ1) is 22.1. The number of fused-ring (bicyclic) bond motifs is 1. The van der Waals surface area contributed by atoms with E-state index >= 15 is 0 Å². The lowest BCUT2D eigenvalue weighted by atomic mass is 10.1. The Morgan fingerprint density at radius 2 is 1.88 bits per heavy atom. The zero-order chi connectivity index (χ0) is 22.7. The minimum atomic E-state index is -3.75. The molecule has 3 aromatic rings. The number of hydrogen-bond acceptors (Lipinski definition) is 8. The van der Waals surface area contributed by atoms with Gasteiger partial charge in [0.05, 0.1) is 25.4 Å². The summed E-state index contributed by atoms with van der Waals surface area (Å²) in [5.74, 6) is -1.47. The van der Waals surface area contributed by atoms with E-state index in [0.717, 1.165) is 0 Å². The van der Waals surface area contributed by atoms with Gasteiger partial charge in [-0.25, -0.2) is 18.0 Å². The van der Waals surface area contributed by atoms with E-state index < -0.39 is 22.0 Å². The summed E-state index contributed by atoms with van der Waals surface area (Å²) in [4.78, 5) is 27.5. The second-order valence-corrected chi connectivity index (χ2v) is 8.91. The molecule has 1 aromatic carbocycles. The number of furan rings is 1. The maximum atomic E-state index is 12.7. The van der Waals surface area contributed by atoms with Gasteiger partial charge in [-0.15, -0.1) is 0 Å². The van der Waals surface area contributed by atoms with Crippen molar-refractivity contribution in [2.45, 2.75) is 18.4 Å². The number of ether oxygens (including phenoxy) is 3. The first-order valence-electron chi connectivity index (χ1n) is 10.0. The molecule has 2 aromatic heterocycles. The Kier molecular flexibility index (Phi) is 6.31. The third-order valence-corrected chi connectivity index (χ3v) is 6.87. The van der Waals surface area contributed by atoms with Crippen molar-refractivity contribution in [3.8, 4) is 0 Å². The van der Waals surface area contributed by atoms with Crippen molar-refractivity contribution in [3.63, 3.8) is 0 Å². The Morgan fingerprint density at radius 1 is 1.12 bits per heavy atom. The molecule has 1 N–H and O–H groups in total. The number of benzene rings is 1.